The topological polar surface area (TPSA) is 37.3 Å². The second kappa shape index (κ2) is 6.17. The molecule has 0 heterocycles. The molecule has 2 aliphatic carbocycles. The third-order valence-electron chi connectivity index (χ3n) is 4.98. The maximum Gasteiger partial charge on any atom is 0.133 e. The summed E-state index contributed by atoms with van der Waals surface area (Å²) in [5.74, 6) is 0.436. The molecular weight excluding hydrogens is 284 g/mol. The predicted molar refractivity (Wildman–Crippen MR) is 98.5 cm³/mol. The lowest BCUT2D eigenvalue weighted by atomic mass is 9.60. The van der Waals surface area contributed by atoms with Crippen LogP contribution in [0.4, 0.5) is 0 Å². The summed E-state index contributed by atoms with van der Waals surface area (Å²) in [6.07, 6.45) is 5.81. The molecule has 0 aromatic rings. The van der Waals surface area contributed by atoms with Crippen molar-refractivity contribution in [2.75, 3.05) is 0 Å². The molecule has 2 nitrogen and oxygen atoms in total. The van der Waals surface area contributed by atoms with Crippen molar-refractivity contribution in [3.8, 4) is 0 Å². The third-order valence-corrected chi connectivity index (χ3v) is 4.98. The van der Waals surface area contributed by atoms with Crippen molar-refractivity contribution in [3.05, 3.63) is 0 Å². The molecule has 0 atom stereocenters. The van der Waals surface area contributed by atoms with Gasteiger partial charge in [-0.15, -0.1) is 0 Å². The van der Waals surface area contributed by atoms with E-state index in [-0.39, 0.29) is 10.8 Å². The molecule has 0 radical (unpaired) electrons. The van der Waals surface area contributed by atoms with Gasteiger partial charge in [-0.1, -0.05) is 55.4 Å². The van der Waals surface area contributed by atoms with Crippen molar-refractivity contribution in [2.45, 2.75) is 106 Å². The van der Waals surface area contributed by atoms with Gasteiger partial charge in [0.05, 0.1) is 5.60 Å². The highest BCUT2D eigenvalue weighted by Crippen LogP contribution is 2.49. The fourth-order valence-electron chi connectivity index (χ4n) is 6.10. The summed E-state index contributed by atoms with van der Waals surface area (Å²) in [7, 11) is 0. The first-order valence-electron chi connectivity index (χ1n) is 9.17. The summed E-state index contributed by atoms with van der Waals surface area (Å²) < 4.78 is 0. The van der Waals surface area contributed by atoms with Gasteiger partial charge in [-0.3, -0.25) is 4.79 Å². The fraction of sp³-hybridized carbons (Fsp3) is 0.952. The number of carbonyl (C=O) groups is 1. The zero-order valence-corrected chi connectivity index (χ0v) is 17.1. The van der Waals surface area contributed by atoms with Gasteiger partial charge >= 0.3 is 0 Å². The van der Waals surface area contributed by atoms with Gasteiger partial charge in [-0.2, -0.15) is 0 Å². The van der Waals surface area contributed by atoms with E-state index in [0.717, 1.165) is 25.7 Å². The van der Waals surface area contributed by atoms with Crippen LogP contribution in [0.1, 0.15) is 101 Å². The highest BCUT2D eigenvalue weighted by molar-refractivity contribution is 5.80. The van der Waals surface area contributed by atoms with Crippen LogP contribution in [0.2, 0.25) is 0 Å². The van der Waals surface area contributed by atoms with Crippen molar-refractivity contribution in [3.63, 3.8) is 0 Å². The highest BCUT2D eigenvalue weighted by atomic mass is 16.3. The molecule has 2 rings (SSSR count). The lowest BCUT2D eigenvalue weighted by molar-refractivity contribution is -0.127. The standard InChI is InChI=1S/C11H22O.C10H18O/c1-9(2)6-10(3,4)8-11(5,12)7-9;1-9(2)5-8(11)6-10(3,4)7-9/h12H,6-8H2,1-5H3;5-7H2,1-4H3. The normalized spacial score (nSPS) is 30.1. The van der Waals surface area contributed by atoms with Gasteiger partial charge in [0.15, 0.2) is 0 Å². The van der Waals surface area contributed by atoms with Gasteiger partial charge in [0.2, 0.25) is 0 Å². The van der Waals surface area contributed by atoms with E-state index >= 15 is 0 Å². The van der Waals surface area contributed by atoms with Gasteiger partial charge in [-0.25, -0.2) is 0 Å². The molecule has 0 aromatic heterocycles. The molecule has 2 saturated carbocycles. The Morgan fingerprint density at radius 3 is 1.17 bits per heavy atom. The molecule has 2 aliphatic rings. The zero-order valence-electron chi connectivity index (χ0n) is 17.1. The molecule has 0 saturated heterocycles. The number of Topliss-reactive ketones (excluding diaryl/α,β-unsaturated/α-hetero) is 1. The maximum absolute atomic E-state index is 11.3. The summed E-state index contributed by atoms with van der Waals surface area (Å²) in [4.78, 5) is 11.3. The monoisotopic (exact) mass is 324 g/mol. The predicted octanol–water partition coefficient (Wildman–Crippen LogP) is 5.77. The number of hydrogen-bond donors (Lipinski definition) is 1. The van der Waals surface area contributed by atoms with Gasteiger partial charge in [0.1, 0.15) is 5.78 Å². The van der Waals surface area contributed by atoms with Crippen molar-refractivity contribution >= 4 is 5.78 Å². The highest BCUT2D eigenvalue weighted by Gasteiger charge is 2.43. The van der Waals surface area contributed by atoms with Gasteiger partial charge in [0, 0.05) is 12.8 Å². The van der Waals surface area contributed by atoms with E-state index in [1.54, 1.807) is 0 Å². The molecule has 2 fully saturated rings. The van der Waals surface area contributed by atoms with Crippen molar-refractivity contribution in [1.29, 1.82) is 0 Å². The van der Waals surface area contributed by atoms with E-state index in [4.69, 9.17) is 0 Å². The average Bonchev–Trinajstić information content (AvgIpc) is 2.00. The largest absolute Gasteiger partial charge is 0.390 e. The average molecular weight is 325 g/mol. The number of rotatable bonds is 0. The molecular formula is C21H40O2. The van der Waals surface area contributed by atoms with Crippen molar-refractivity contribution in [1.82, 2.24) is 0 Å². The van der Waals surface area contributed by atoms with E-state index in [2.05, 4.69) is 55.4 Å². The molecule has 2 heteroatoms. The van der Waals surface area contributed by atoms with Crippen molar-refractivity contribution < 1.29 is 9.90 Å². The van der Waals surface area contributed by atoms with E-state index in [9.17, 15) is 9.90 Å². The van der Waals surface area contributed by atoms with Gasteiger partial charge in [-0.05, 0) is 54.3 Å². The summed E-state index contributed by atoms with van der Waals surface area (Å²) >= 11 is 0. The van der Waals surface area contributed by atoms with Crippen LogP contribution >= 0.6 is 0 Å². The summed E-state index contributed by atoms with van der Waals surface area (Å²) in [5, 5.41) is 10.0. The first-order chi connectivity index (χ1) is 9.93. The Morgan fingerprint density at radius 1 is 0.609 bits per heavy atom. The minimum absolute atomic E-state index is 0.235. The van der Waals surface area contributed by atoms with Crippen LogP contribution in [0.5, 0.6) is 0 Å². The second-order valence-corrected chi connectivity index (χ2v) is 11.8. The van der Waals surface area contributed by atoms with Gasteiger partial charge < -0.3 is 5.11 Å². The minimum atomic E-state index is -0.453. The van der Waals surface area contributed by atoms with Crippen LogP contribution in [-0.4, -0.2) is 16.5 Å². The van der Waals surface area contributed by atoms with Gasteiger partial charge in [0.25, 0.3) is 0 Å². The van der Waals surface area contributed by atoms with Crippen LogP contribution in [0, 0.1) is 21.7 Å². The SMILES string of the molecule is CC1(C)CC(=O)CC(C)(C)C1.CC1(C)CC(C)(C)CC(C)(O)C1. The lowest BCUT2D eigenvalue weighted by Gasteiger charge is -2.48. The smallest absolute Gasteiger partial charge is 0.133 e. The summed E-state index contributed by atoms with van der Waals surface area (Å²) in [5.41, 5.74) is 0.611. The Bertz CT molecular complexity index is 375. The number of carbonyl (C=O) groups excluding carboxylic acids is 1. The first-order valence-corrected chi connectivity index (χ1v) is 9.17. The number of ketones is 1. The molecule has 1 N–H and O–H groups in total. The molecule has 0 bridgehead atoms. The Hall–Kier alpha value is -0.370. The summed E-state index contributed by atoms with van der Waals surface area (Å²) in [6.45, 7) is 19.7. The van der Waals surface area contributed by atoms with Crippen LogP contribution in [0.15, 0.2) is 0 Å². The zero-order chi connectivity index (χ0) is 18.3. The Balaban J connectivity index is 0.000000231. The Labute approximate surface area is 144 Å². The van der Waals surface area contributed by atoms with Crippen molar-refractivity contribution in [2.24, 2.45) is 21.7 Å². The first kappa shape index (κ1) is 20.7. The second-order valence-electron chi connectivity index (χ2n) is 11.8. The van der Waals surface area contributed by atoms with E-state index in [0.29, 0.717) is 16.6 Å². The third kappa shape index (κ3) is 7.37. The van der Waals surface area contributed by atoms with Crippen LogP contribution < -0.4 is 0 Å². The molecule has 0 unspecified atom stereocenters. The van der Waals surface area contributed by atoms with Crippen LogP contribution in [0.3, 0.4) is 0 Å². The Morgan fingerprint density at radius 2 is 0.913 bits per heavy atom. The maximum atomic E-state index is 11.3. The lowest BCUT2D eigenvalue weighted by Crippen LogP contribution is -2.43. The number of aliphatic hydroxyl groups is 1. The molecule has 0 amide bonds. The quantitative estimate of drug-likeness (QED) is 0.614. The minimum Gasteiger partial charge on any atom is -0.390 e. The van der Waals surface area contributed by atoms with Crippen LogP contribution in [0.25, 0.3) is 0 Å². The molecule has 0 aliphatic heterocycles. The molecule has 136 valence electrons. The molecule has 0 spiro atoms. The molecule has 23 heavy (non-hydrogen) atoms. The number of hydrogen-bond acceptors (Lipinski definition) is 2. The van der Waals surface area contributed by atoms with E-state index < -0.39 is 5.60 Å². The van der Waals surface area contributed by atoms with Crippen LogP contribution in [-0.2, 0) is 4.79 Å². The summed E-state index contributed by atoms with van der Waals surface area (Å²) in [6, 6.07) is 0. The molecule has 0 aromatic carbocycles. The van der Waals surface area contributed by atoms with E-state index in [1.807, 2.05) is 6.92 Å². The Kier molecular flexibility index (Phi) is 5.55. The van der Waals surface area contributed by atoms with E-state index in [1.165, 1.54) is 12.8 Å². The fourth-order valence-corrected chi connectivity index (χ4v) is 6.10.